The second kappa shape index (κ2) is 5.87. The molecule has 0 spiro atoms. The van der Waals surface area contributed by atoms with Gasteiger partial charge in [0.25, 0.3) is 5.89 Å². The molecule has 3 aromatic heterocycles. The summed E-state index contributed by atoms with van der Waals surface area (Å²) >= 11 is 0. The van der Waals surface area contributed by atoms with Gasteiger partial charge in [-0.1, -0.05) is 23.4 Å². The first kappa shape index (κ1) is 15.4. The number of benzene rings is 2. The zero-order valence-corrected chi connectivity index (χ0v) is 14.2. The Morgan fingerprint density at radius 2 is 1.89 bits per heavy atom. The molecule has 7 nitrogen and oxygen atoms in total. The van der Waals surface area contributed by atoms with Crippen molar-refractivity contribution >= 4 is 10.9 Å². The molecule has 0 aliphatic heterocycles. The molecule has 1 N–H and O–H groups in total. The molecule has 0 amide bonds. The summed E-state index contributed by atoms with van der Waals surface area (Å²) in [5, 5.41) is 16.7. The Kier molecular flexibility index (Phi) is 3.36. The topological polar surface area (TPSA) is 85.4 Å². The molecule has 0 atom stereocenters. The van der Waals surface area contributed by atoms with Gasteiger partial charge in [0.05, 0.1) is 11.2 Å². The van der Waals surface area contributed by atoms with Crippen LogP contribution in [0.5, 0.6) is 0 Å². The smallest absolute Gasteiger partial charge is 0.278 e. The maximum atomic E-state index is 13.2. The highest BCUT2D eigenvalue weighted by Crippen LogP contribution is 2.26. The average molecular weight is 360 g/mol. The summed E-state index contributed by atoms with van der Waals surface area (Å²) in [7, 11) is 0. The SMILES string of the molecule is Cc1cc(-c2nc(-c3n[nH]c4ccccc34)no2)nn1-c1ccc(F)cc1. The quantitative estimate of drug-likeness (QED) is 0.527. The van der Waals surface area contributed by atoms with Crippen LogP contribution in [0.4, 0.5) is 4.39 Å². The molecular weight excluding hydrogens is 347 g/mol. The number of para-hydroxylation sites is 1. The van der Waals surface area contributed by atoms with Gasteiger partial charge in [-0.25, -0.2) is 9.07 Å². The van der Waals surface area contributed by atoms with E-state index in [2.05, 4.69) is 25.4 Å². The minimum Gasteiger partial charge on any atom is -0.332 e. The molecule has 3 heterocycles. The Balaban J connectivity index is 1.53. The fourth-order valence-electron chi connectivity index (χ4n) is 2.98. The Bertz CT molecular complexity index is 1250. The van der Waals surface area contributed by atoms with Gasteiger partial charge in [-0.2, -0.15) is 15.2 Å². The number of nitrogens with zero attached hydrogens (tertiary/aromatic N) is 5. The Labute approximate surface area is 152 Å². The van der Waals surface area contributed by atoms with Crippen LogP contribution >= 0.6 is 0 Å². The fourth-order valence-corrected chi connectivity index (χ4v) is 2.98. The van der Waals surface area contributed by atoms with Crippen LogP contribution in [-0.4, -0.2) is 30.1 Å². The van der Waals surface area contributed by atoms with Crippen molar-refractivity contribution in [2.45, 2.75) is 6.92 Å². The lowest BCUT2D eigenvalue weighted by Gasteiger charge is -2.03. The number of nitrogens with one attached hydrogen (secondary N) is 1. The van der Waals surface area contributed by atoms with E-state index in [0.717, 1.165) is 22.3 Å². The van der Waals surface area contributed by atoms with Crippen LogP contribution in [0, 0.1) is 12.7 Å². The zero-order valence-electron chi connectivity index (χ0n) is 14.2. The van der Waals surface area contributed by atoms with E-state index in [4.69, 9.17) is 4.52 Å². The van der Waals surface area contributed by atoms with Crippen LogP contribution in [0.1, 0.15) is 5.69 Å². The molecule has 0 aliphatic carbocycles. The first-order valence-corrected chi connectivity index (χ1v) is 8.29. The van der Waals surface area contributed by atoms with E-state index in [9.17, 15) is 4.39 Å². The van der Waals surface area contributed by atoms with Gasteiger partial charge in [-0.15, -0.1) is 0 Å². The van der Waals surface area contributed by atoms with Crippen molar-refractivity contribution in [2.24, 2.45) is 0 Å². The molecule has 0 saturated heterocycles. The molecule has 27 heavy (non-hydrogen) atoms. The minimum atomic E-state index is -0.295. The summed E-state index contributed by atoms with van der Waals surface area (Å²) in [6.45, 7) is 1.90. The number of aryl methyl sites for hydroxylation is 1. The monoisotopic (exact) mass is 360 g/mol. The van der Waals surface area contributed by atoms with Gasteiger partial charge >= 0.3 is 0 Å². The van der Waals surface area contributed by atoms with Crippen LogP contribution in [0.2, 0.25) is 0 Å². The van der Waals surface area contributed by atoms with Crippen molar-refractivity contribution < 1.29 is 8.91 Å². The van der Waals surface area contributed by atoms with Crippen LogP contribution in [0.25, 0.3) is 39.7 Å². The normalized spacial score (nSPS) is 11.3. The second-order valence-corrected chi connectivity index (χ2v) is 6.10. The lowest BCUT2D eigenvalue weighted by atomic mass is 10.2. The number of hydrogen-bond acceptors (Lipinski definition) is 5. The number of H-pyrrole nitrogens is 1. The Morgan fingerprint density at radius 3 is 2.74 bits per heavy atom. The van der Waals surface area contributed by atoms with Crippen molar-refractivity contribution in [3.8, 4) is 28.8 Å². The molecular formula is C19H13FN6O. The minimum absolute atomic E-state index is 0.293. The third kappa shape index (κ3) is 2.58. The third-order valence-corrected chi connectivity index (χ3v) is 4.29. The Hall–Kier alpha value is -3.81. The van der Waals surface area contributed by atoms with E-state index in [1.807, 2.05) is 37.3 Å². The van der Waals surface area contributed by atoms with Crippen LogP contribution < -0.4 is 0 Å². The van der Waals surface area contributed by atoms with Crippen LogP contribution in [0.3, 0.4) is 0 Å². The van der Waals surface area contributed by atoms with Gasteiger partial charge in [-0.3, -0.25) is 5.10 Å². The van der Waals surface area contributed by atoms with E-state index in [1.165, 1.54) is 12.1 Å². The van der Waals surface area contributed by atoms with E-state index in [0.29, 0.717) is 23.1 Å². The highest BCUT2D eigenvalue weighted by Gasteiger charge is 2.18. The summed E-state index contributed by atoms with van der Waals surface area (Å²) in [5.41, 5.74) is 3.67. The van der Waals surface area contributed by atoms with E-state index in [-0.39, 0.29) is 5.82 Å². The molecule has 2 aromatic carbocycles. The van der Waals surface area contributed by atoms with Crippen molar-refractivity contribution in [3.05, 3.63) is 66.1 Å². The molecule has 132 valence electrons. The maximum Gasteiger partial charge on any atom is 0.278 e. The maximum absolute atomic E-state index is 13.2. The molecule has 0 fully saturated rings. The van der Waals surface area contributed by atoms with Gasteiger partial charge in [0.15, 0.2) is 5.69 Å². The highest BCUT2D eigenvalue weighted by molar-refractivity contribution is 5.91. The summed E-state index contributed by atoms with van der Waals surface area (Å²) in [6.07, 6.45) is 0. The first-order valence-electron chi connectivity index (χ1n) is 8.29. The summed E-state index contributed by atoms with van der Waals surface area (Å²) in [6, 6.07) is 15.7. The Morgan fingerprint density at radius 1 is 1.07 bits per heavy atom. The molecule has 5 aromatic rings. The number of rotatable bonds is 3. The molecule has 0 bridgehead atoms. The average Bonchev–Trinajstić information content (AvgIpc) is 3.39. The van der Waals surface area contributed by atoms with Gasteiger partial charge in [0.1, 0.15) is 11.5 Å². The molecule has 0 radical (unpaired) electrons. The zero-order chi connectivity index (χ0) is 18.4. The standard InChI is InChI=1S/C19H13FN6O/c1-11-10-16(24-26(11)13-8-6-12(20)7-9-13)19-21-18(25-27-19)17-14-4-2-3-5-15(14)22-23-17/h2-10H,1H3,(H,22,23). The summed E-state index contributed by atoms with van der Waals surface area (Å²) in [4.78, 5) is 4.44. The lowest BCUT2D eigenvalue weighted by Crippen LogP contribution is -1.98. The van der Waals surface area contributed by atoms with Gasteiger partial charge in [0, 0.05) is 11.1 Å². The van der Waals surface area contributed by atoms with Gasteiger partial charge < -0.3 is 4.52 Å². The molecule has 5 rings (SSSR count). The van der Waals surface area contributed by atoms with Crippen molar-refractivity contribution in [3.63, 3.8) is 0 Å². The molecule has 0 aliphatic rings. The predicted octanol–water partition coefficient (Wildman–Crippen LogP) is 3.91. The first-order chi connectivity index (χ1) is 13.2. The van der Waals surface area contributed by atoms with E-state index >= 15 is 0 Å². The second-order valence-electron chi connectivity index (χ2n) is 6.10. The fraction of sp³-hybridized carbons (Fsp3) is 0.0526. The van der Waals surface area contributed by atoms with Crippen molar-refractivity contribution in [2.75, 3.05) is 0 Å². The van der Waals surface area contributed by atoms with Gasteiger partial charge in [-0.05, 0) is 43.3 Å². The predicted molar refractivity (Wildman–Crippen MR) is 96.6 cm³/mol. The molecule has 0 unspecified atom stereocenters. The van der Waals surface area contributed by atoms with Crippen molar-refractivity contribution in [1.29, 1.82) is 0 Å². The van der Waals surface area contributed by atoms with Crippen molar-refractivity contribution in [1.82, 2.24) is 30.1 Å². The van der Waals surface area contributed by atoms with E-state index in [1.54, 1.807) is 16.8 Å². The van der Waals surface area contributed by atoms with Crippen LogP contribution in [0.15, 0.2) is 59.1 Å². The summed E-state index contributed by atoms with van der Waals surface area (Å²) in [5.74, 6) is 0.383. The van der Waals surface area contributed by atoms with E-state index < -0.39 is 0 Å². The molecule has 0 saturated carbocycles. The number of hydrogen-bond donors (Lipinski definition) is 1. The summed E-state index contributed by atoms with van der Waals surface area (Å²) < 4.78 is 20.2. The number of aromatic nitrogens is 6. The van der Waals surface area contributed by atoms with Gasteiger partial charge in [0.2, 0.25) is 5.82 Å². The lowest BCUT2D eigenvalue weighted by molar-refractivity contribution is 0.430. The highest BCUT2D eigenvalue weighted by atomic mass is 19.1. The largest absolute Gasteiger partial charge is 0.332 e. The number of aromatic amines is 1. The third-order valence-electron chi connectivity index (χ3n) is 4.29. The number of halogens is 1. The molecule has 8 heteroatoms. The van der Waals surface area contributed by atoms with Crippen LogP contribution in [-0.2, 0) is 0 Å². The number of fused-ring (bicyclic) bond motifs is 1.